The van der Waals surface area contributed by atoms with E-state index in [9.17, 15) is 14.7 Å². The number of anilines is 1. The normalized spacial score (nSPS) is 15.4. The highest BCUT2D eigenvalue weighted by Gasteiger charge is 2.33. The number of amides is 3. The number of benzene rings is 2. The van der Waals surface area contributed by atoms with Gasteiger partial charge in [-0.2, -0.15) is 0 Å². The quantitative estimate of drug-likeness (QED) is 0.397. The molecule has 9 nitrogen and oxygen atoms in total. The fraction of sp³-hybridized carbons (Fsp3) is 0.517. The van der Waals surface area contributed by atoms with Crippen LogP contribution in [0.4, 0.5) is 10.5 Å². The Morgan fingerprint density at radius 2 is 1.79 bits per heavy atom. The molecule has 0 radical (unpaired) electrons. The molecule has 9 heteroatoms. The molecular formula is C29H41N3O6. The molecule has 2 aromatic carbocycles. The number of aliphatic hydroxyl groups excluding tert-OH is 1. The van der Waals surface area contributed by atoms with Gasteiger partial charge in [-0.25, -0.2) is 4.79 Å². The molecule has 0 saturated carbocycles. The maximum atomic E-state index is 13.7. The molecule has 1 N–H and O–H groups in total. The average molecular weight is 528 g/mol. The molecule has 0 aliphatic carbocycles. The van der Waals surface area contributed by atoms with Crippen LogP contribution in [0.5, 0.6) is 17.2 Å². The first kappa shape index (κ1) is 29.1. The van der Waals surface area contributed by atoms with Crippen LogP contribution >= 0.6 is 0 Å². The maximum Gasteiger partial charge on any atom is 0.324 e. The first-order chi connectivity index (χ1) is 18.3. The predicted molar refractivity (Wildman–Crippen MR) is 147 cm³/mol. The summed E-state index contributed by atoms with van der Waals surface area (Å²) in [6.07, 6.45) is 3.39. The lowest BCUT2D eigenvalue weighted by Gasteiger charge is -2.40. The van der Waals surface area contributed by atoms with Gasteiger partial charge in [0.1, 0.15) is 5.75 Å². The van der Waals surface area contributed by atoms with E-state index in [0.29, 0.717) is 49.2 Å². The van der Waals surface area contributed by atoms with Crippen LogP contribution in [0.15, 0.2) is 36.4 Å². The van der Waals surface area contributed by atoms with Crippen LogP contribution in [-0.2, 0) is 17.8 Å². The lowest BCUT2D eigenvalue weighted by molar-refractivity contribution is -0.127. The minimum Gasteiger partial charge on any atom is -0.496 e. The highest BCUT2D eigenvalue weighted by molar-refractivity contribution is 5.93. The monoisotopic (exact) mass is 527 g/mol. The Morgan fingerprint density at radius 3 is 2.45 bits per heavy atom. The third kappa shape index (κ3) is 7.31. The van der Waals surface area contributed by atoms with Crippen molar-refractivity contribution in [2.45, 2.75) is 39.2 Å². The van der Waals surface area contributed by atoms with Crippen molar-refractivity contribution >= 4 is 17.6 Å². The minimum absolute atomic E-state index is 0.000597. The van der Waals surface area contributed by atoms with Gasteiger partial charge in [0.2, 0.25) is 5.91 Å². The second kappa shape index (κ2) is 13.9. The molecule has 0 spiro atoms. The van der Waals surface area contributed by atoms with Crippen LogP contribution in [0.25, 0.3) is 0 Å². The number of ether oxygens (including phenoxy) is 3. The fourth-order valence-corrected chi connectivity index (χ4v) is 4.47. The first-order valence-electron chi connectivity index (χ1n) is 13.1. The van der Waals surface area contributed by atoms with Crippen molar-refractivity contribution in [2.75, 3.05) is 59.5 Å². The van der Waals surface area contributed by atoms with Gasteiger partial charge >= 0.3 is 6.03 Å². The summed E-state index contributed by atoms with van der Waals surface area (Å²) >= 11 is 0. The Bertz CT molecular complexity index is 1090. The lowest BCUT2D eigenvalue weighted by Crippen LogP contribution is -2.54. The zero-order valence-corrected chi connectivity index (χ0v) is 23.2. The first-order valence-corrected chi connectivity index (χ1v) is 13.1. The molecule has 2 aromatic rings. The third-order valence-corrected chi connectivity index (χ3v) is 6.71. The smallest absolute Gasteiger partial charge is 0.324 e. The molecule has 1 saturated heterocycles. The van der Waals surface area contributed by atoms with Crippen LogP contribution in [0.1, 0.15) is 37.3 Å². The maximum absolute atomic E-state index is 13.7. The van der Waals surface area contributed by atoms with Crippen molar-refractivity contribution in [1.82, 2.24) is 9.80 Å². The van der Waals surface area contributed by atoms with Gasteiger partial charge in [-0.3, -0.25) is 9.69 Å². The van der Waals surface area contributed by atoms with Gasteiger partial charge < -0.3 is 29.1 Å². The van der Waals surface area contributed by atoms with E-state index in [2.05, 4.69) is 6.92 Å². The molecular weight excluding hydrogens is 486 g/mol. The van der Waals surface area contributed by atoms with Crippen molar-refractivity contribution < 1.29 is 28.9 Å². The second-order valence-corrected chi connectivity index (χ2v) is 9.82. The van der Waals surface area contributed by atoms with Crippen LogP contribution in [0, 0.1) is 5.92 Å². The number of urea groups is 1. The number of carbonyl (C=O) groups is 2. The Balaban J connectivity index is 1.82. The summed E-state index contributed by atoms with van der Waals surface area (Å²) in [5.74, 6) is 1.71. The minimum atomic E-state index is -0.161. The molecule has 0 aromatic heterocycles. The number of nitrogens with zero attached hydrogens (tertiary/aromatic N) is 3. The van der Waals surface area contributed by atoms with Crippen molar-refractivity contribution in [3.8, 4) is 17.2 Å². The van der Waals surface area contributed by atoms with Gasteiger partial charge in [0.15, 0.2) is 11.5 Å². The van der Waals surface area contributed by atoms with E-state index >= 15 is 0 Å². The Hall–Kier alpha value is -3.46. The number of unbranched alkanes of at least 4 members (excludes halogenated alkanes) is 2. The topological polar surface area (TPSA) is 91.8 Å². The summed E-state index contributed by atoms with van der Waals surface area (Å²) < 4.78 is 17.1. The Kier molecular flexibility index (Phi) is 10.6. The SMILES string of the molecule is CCCCCOc1cc(N2C[C@@H](CO)CN(Cc3ccc(CC(=O)N(C)C)cc3OC)C2=O)ccc1OC. The molecule has 38 heavy (non-hydrogen) atoms. The summed E-state index contributed by atoms with van der Waals surface area (Å²) in [4.78, 5) is 30.7. The number of hydrogen-bond donors (Lipinski definition) is 1. The van der Waals surface area contributed by atoms with Crippen molar-refractivity contribution in [1.29, 1.82) is 0 Å². The highest BCUT2D eigenvalue weighted by Crippen LogP contribution is 2.34. The number of methoxy groups -OCH3 is 2. The molecule has 1 heterocycles. The van der Waals surface area contributed by atoms with E-state index in [-0.39, 0.29) is 30.9 Å². The van der Waals surface area contributed by atoms with Gasteiger partial charge in [0, 0.05) is 57.0 Å². The third-order valence-electron chi connectivity index (χ3n) is 6.71. The largest absolute Gasteiger partial charge is 0.496 e. The standard InChI is InChI=1S/C29H41N3O6/c1-6-7-8-13-38-27-16-24(11-12-25(27)36-4)32-18-22(20-33)17-31(29(32)35)19-23-10-9-21(14-26(23)37-5)15-28(34)30(2)3/h9-12,14,16,22,33H,6-8,13,15,17-20H2,1-5H3/t22-/m0/s1. The molecule has 3 amide bonds. The molecule has 0 bridgehead atoms. The summed E-state index contributed by atoms with van der Waals surface area (Å²) in [5, 5.41) is 10.0. The van der Waals surface area contributed by atoms with Crippen LogP contribution in [0.2, 0.25) is 0 Å². The average Bonchev–Trinajstić information content (AvgIpc) is 2.92. The van der Waals surface area contributed by atoms with Gasteiger partial charge in [0.25, 0.3) is 0 Å². The van der Waals surface area contributed by atoms with E-state index in [1.165, 1.54) is 0 Å². The molecule has 208 valence electrons. The van der Waals surface area contributed by atoms with Gasteiger partial charge in [-0.15, -0.1) is 0 Å². The molecule has 3 rings (SSSR count). The summed E-state index contributed by atoms with van der Waals surface area (Å²) in [6.45, 7) is 3.81. The fourth-order valence-electron chi connectivity index (χ4n) is 4.47. The highest BCUT2D eigenvalue weighted by atomic mass is 16.5. The zero-order valence-electron chi connectivity index (χ0n) is 23.2. The Labute approximate surface area is 225 Å². The predicted octanol–water partition coefficient (Wildman–Crippen LogP) is 3.95. The van der Waals surface area contributed by atoms with E-state index in [0.717, 1.165) is 30.4 Å². The van der Waals surface area contributed by atoms with E-state index < -0.39 is 0 Å². The molecule has 1 aliphatic rings. The Morgan fingerprint density at radius 1 is 1.03 bits per heavy atom. The van der Waals surface area contributed by atoms with E-state index in [4.69, 9.17) is 14.2 Å². The van der Waals surface area contributed by atoms with Crippen LogP contribution in [-0.4, -0.2) is 81.5 Å². The number of carbonyl (C=O) groups excluding carboxylic acids is 2. The molecule has 1 aliphatic heterocycles. The van der Waals surface area contributed by atoms with Crippen molar-refractivity contribution in [2.24, 2.45) is 5.92 Å². The number of hydrogen-bond acceptors (Lipinski definition) is 6. The van der Waals surface area contributed by atoms with Gasteiger partial charge in [0.05, 0.1) is 33.8 Å². The lowest BCUT2D eigenvalue weighted by atomic mass is 10.0. The summed E-state index contributed by atoms with van der Waals surface area (Å²) in [5.41, 5.74) is 2.36. The second-order valence-electron chi connectivity index (χ2n) is 9.82. The van der Waals surface area contributed by atoms with E-state index in [1.54, 1.807) is 49.1 Å². The number of rotatable bonds is 13. The number of likely N-dealkylation sites (N-methyl/N-ethyl adjacent to an activating group) is 1. The summed E-state index contributed by atoms with van der Waals surface area (Å²) in [6, 6.07) is 10.9. The van der Waals surface area contributed by atoms with Crippen molar-refractivity contribution in [3.05, 3.63) is 47.5 Å². The molecule has 0 unspecified atom stereocenters. The van der Waals surface area contributed by atoms with Gasteiger partial charge in [-0.05, 0) is 30.2 Å². The van der Waals surface area contributed by atoms with E-state index in [1.807, 2.05) is 30.3 Å². The van der Waals surface area contributed by atoms with Crippen LogP contribution in [0.3, 0.4) is 0 Å². The van der Waals surface area contributed by atoms with Crippen LogP contribution < -0.4 is 19.1 Å². The summed E-state index contributed by atoms with van der Waals surface area (Å²) in [7, 11) is 6.63. The molecule has 1 atom stereocenters. The molecule has 1 fully saturated rings. The zero-order chi connectivity index (χ0) is 27.7. The van der Waals surface area contributed by atoms with Crippen molar-refractivity contribution in [3.63, 3.8) is 0 Å². The van der Waals surface area contributed by atoms with Gasteiger partial charge in [-0.1, -0.05) is 31.9 Å². The number of aliphatic hydroxyl groups is 1.